The van der Waals surface area contributed by atoms with E-state index in [1.807, 2.05) is 0 Å². The number of nitrogens with one attached hydrogen (secondary N) is 2. The maximum atomic E-state index is 12.2. The van der Waals surface area contributed by atoms with Gasteiger partial charge in [-0.3, -0.25) is 9.59 Å². The Kier molecular flexibility index (Phi) is 7.00. The first-order valence-corrected chi connectivity index (χ1v) is 9.14. The highest BCUT2D eigenvalue weighted by Gasteiger charge is 2.31. The Morgan fingerprint density at radius 3 is 2.48 bits per heavy atom. The van der Waals surface area contributed by atoms with E-state index >= 15 is 0 Å². The van der Waals surface area contributed by atoms with E-state index in [9.17, 15) is 9.59 Å². The summed E-state index contributed by atoms with van der Waals surface area (Å²) in [5, 5.41) is 5.39. The summed E-state index contributed by atoms with van der Waals surface area (Å²) in [5.41, 5.74) is 1.23. The van der Waals surface area contributed by atoms with E-state index in [2.05, 4.69) is 31.4 Å². The summed E-state index contributed by atoms with van der Waals surface area (Å²) in [6, 6.07) is 6.82. The predicted octanol–water partition coefficient (Wildman–Crippen LogP) is 3.46. The van der Waals surface area contributed by atoms with Crippen LogP contribution >= 0.6 is 0 Å². The van der Waals surface area contributed by atoms with Gasteiger partial charge in [-0.25, -0.2) is 0 Å². The zero-order valence-electron chi connectivity index (χ0n) is 15.7. The maximum Gasteiger partial charge on any atom is 0.251 e. The summed E-state index contributed by atoms with van der Waals surface area (Å²) in [7, 11) is 1.59. The minimum absolute atomic E-state index is 0.0673. The molecular weight excluding hydrogens is 316 g/mol. The highest BCUT2D eigenvalue weighted by Crippen LogP contribution is 2.35. The van der Waals surface area contributed by atoms with E-state index in [0.29, 0.717) is 29.0 Å². The number of benzene rings is 1. The fourth-order valence-electron chi connectivity index (χ4n) is 3.54. The maximum absolute atomic E-state index is 12.2. The third-order valence-corrected chi connectivity index (χ3v) is 5.05. The molecular formula is C20H30N2O3. The second-order valence-corrected chi connectivity index (χ2v) is 7.38. The summed E-state index contributed by atoms with van der Waals surface area (Å²) in [5.74, 6) is 1.44. The van der Waals surface area contributed by atoms with Crippen LogP contribution in [0.2, 0.25) is 0 Å². The predicted molar refractivity (Wildman–Crippen MR) is 99.5 cm³/mol. The zero-order valence-corrected chi connectivity index (χ0v) is 15.7. The molecule has 1 aromatic rings. The highest BCUT2D eigenvalue weighted by molar-refractivity contribution is 5.95. The number of rotatable bonds is 6. The van der Waals surface area contributed by atoms with Crippen molar-refractivity contribution in [2.75, 3.05) is 19.0 Å². The fraction of sp³-hybridized carbons (Fsp3) is 0.600. The van der Waals surface area contributed by atoms with Gasteiger partial charge in [0.15, 0.2) is 0 Å². The van der Waals surface area contributed by atoms with Gasteiger partial charge in [-0.1, -0.05) is 27.2 Å². The Morgan fingerprint density at radius 1 is 1.20 bits per heavy atom. The Balaban J connectivity index is 1.86. The molecule has 5 nitrogen and oxygen atoms in total. The second kappa shape index (κ2) is 8.99. The van der Waals surface area contributed by atoms with Gasteiger partial charge in [-0.05, 0) is 54.9 Å². The number of hydrogen-bond acceptors (Lipinski definition) is 3. The van der Waals surface area contributed by atoms with E-state index < -0.39 is 0 Å². The number of carbonyl (C=O) groups excluding carboxylic acids is 2. The Hall–Kier alpha value is -1.88. The molecule has 0 heterocycles. The summed E-state index contributed by atoms with van der Waals surface area (Å²) < 4.78 is 5.96. The van der Waals surface area contributed by atoms with Crippen LogP contribution in [-0.4, -0.2) is 31.6 Å². The van der Waals surface area contributed by atoms with Crippen LogP contribution in [0.15, 0.2) is 24.3 Å². The molecule has 2 amide bonds. The lowest BCUT2D eigenvalue weighted by molar-refractivity contribution is -0.126. The highest BCUT2D eigenvalue weighted by atomic mass is 16.5. The van der Waals surface area contributed by atoms with Crippen molar-refractivity contribution in [2.45, 2.75) is 46.1 Å². The molecule has 1 aromatic carbocycles. The minimum Gasteiger partial charge on any atom is -0.368 e. The van der Waals surface area contributed by atoms with Crippen LogP contribution < -0.4 is 10.6 Å². The molecule has 2 rings (SSSR count). The van der Waals surface area contributed by atoms with E-state index in [4.69, 9.17) is 4.74 Å². The summed E-state index contributed by atoms with van der Waals surface area (Å²) in [4.78, 5) is 23.7. The van der Waals surface area contributed by atoms with Gasteiger partial charge in [-0.15, -0.1) is 0 Å². The quantitative estimate of drug-likeness (QED) is 0.829. The van der Waals surface area contributed by atoms with Crippen molar-refractivity contribution in [2.24, 2.45) is 17.8 Å². The van der Waals surface area contributed by atoms with Gasteiger partial charge in [0.1, 0.15) is 6.61 Å². The lowest BCUT2D eigenvalue weighted by atomic mass is 9.75. The van der Waals surface area contributed by atoms with E-state index in [1.54, 1.807) is 31.3 Å². The lowest BCUT2D eigenvalue weighted by Gasteiger charge is -2.37. The molecule has 0 aromatic heterocycles. The van der Waals surface area contributed by atoms with Gasteiger partial charge < -0.3 is 15.4 Å². The van der Waals surface area contributed by atoms with Crippen molar-refractivity contribution in [3.63, 3.8) is 0 Å². The molecule has 1 aliphatic rings. The topological polar surface area (TPSA) is 67.4 Å². The number of hydrogen-bond donors (Lipinski definition) is 2. The van der Waals surface area contributed by atoms with Crippen molar-refractivity contribution in [1.82, 2.24) is 5.32 Å². The number of carbonyl (C=O) groups is 2. The van der Waals surface area contributed by atoms with Crippen LogP contribution in [0.25, 0.3) is 0 Å². The van der Waals surface area contributed by atoms with Gasteiger partial charge in [-0.2, -0.15) is 0 Å². The largest absolute Gasteiger partial charge is 0.368 e. The molecule has 0 radical (unpaired) electrons. The zero-order chi connectivity index (χ0) is 18.4. The van der Waals surface area contributed by atoms with Crippen molar-refractivity contribution in [3.8, 4) is 0 Å². The monoisotopic (exact) mass is 346 g/mol. The fourth-order valence-corrected chi connectivity index (χ4v) is 3.54. The normalized spacial score (nSPS) is 23.3. The van der Waals surface area contributed by atoms with Gasteiger partial charge >= 0.3 is 0 Å². The second-order valence-electron chi connectivity index (χ2n) is 7.38. The van der Waals surface area contributed by atoms with E-state index in [0.717, 1.165) is 6.42 Å². The molecule has 1 saturated carbocycles. The molecule has 0 saturated heterocycles. The molecule has 1 aliphatic carbocycles. The summed E-state index contributed by atoms with van der Waals surface area (Å²) in [6.07, 6.45) is 3.60. The van der Waals surface area contributed by atoms with E-state index in [-0.39, 0.29) is 24.5 Å². The molecule has 138 valence electrons. The van der Waals surface area contributed by atoms with Crippen molar-refractivity contribution in [3.05, 3.63) is 29.8 Å². The van der Waals surface area contributed by atoms with Gasteiger partial charge in [0.2, 0.25) is 5.91 Å². The van der Waals surface area contributed by atoms with Crippen LogP contribution in [-0.2, 0) is 9.53 Å². The number of amides is 2. The SMILES string of the molecule is CNC(=O)c1ccc(NC(=O)CO[C@@H]2C[C@@H](C)CC[C@@H]2C(C)C)cc1. The van der Waals surface area contributed by atoms with Crippen LogP contribution in [0.4, 0.5) is 5.69 Å². The number of ether oxygens (including phenoxy) is 1. The molecule has 5 heteroatoms. The molecule has 0 bridgehead atoms. The van der Waals surface area contributed by atoms with Crippen LogP contribution in [0.5, 0.6) is 0 Å². The smallest absolute Gasteiger partial charge is 0.251 e. The Morgan fingerprint density at radius 2 is 1.88 bits per heavy atom. The molecule has 1 fully saturated rings. The third kappa shape index (κ3) is 5.56. The first-order valence-electron chi connectivity index (χ1n) is 9.14. The number of anilines is 1. The standard InChI is InChI=1S/C20H30N2O3/c1-13(2)17-10-5-14(3)11-18(17)25-12-19(23)22-16-8-6-15(7-9-16)20(24)21-4/h6-9,13-14,17-18H,5,10-12H2,1-4H3,(H,21,24)(H,22,23)/t14-,17+,18+/m0/s1. The van der Waals surface area contributed by atoms with E-state index in [1.165, 1.54) is 12.8 Å². The first-order chi connectivity index (χ1) is 11.9. The molecule has 0 aliphatic heterocycles. The Labute approximate surface area is 150 Å². The van der Waals surface area contributed by atoms with Gasteiger partial charge in [0.05, 0.1) is 6.10 Å². The first kappa shape index (κ1) is 19.4. The summed E-state index contributed by atoms with van der Waals surface area (Å²) in [6.45, 7) is 6.77. The molecule has 25 heavy (non-hydrogen) atoms. The minimum atomic E-state index is -0.159. The van der Waals surface area contributed by atoms with Crippen LogP contribution in [0.3, 0.4) is 0 Å². The lowest BCUT2D eigenvalue weighted by Crippen LogP contribution is -2.36. The molecule has 3 atom stereocenters. The van der Waals surface area contributed by atoms with Crippen molar-refractivity contribution >= 4 is 17.5 Å². The van der Waals surface area contributed by atoms with Crippen LogP contribution in [0.1, 0.15) is 50.4 Å². The third-order valence-electron chi connectivity index (χ3n) is 5.05. The summed E-state index contributed by atoms with van der Waals surface area (Å²) >= 11 is 0. The molecule has 0 spiro atoms. The molecule has 0 unspecified atom stereocenters. The van der Waals surface area contributed by atoms with Crippen molar-refractivity contribution in [1.29, 1.82) is 0 Å². The van der Waals surface area contributed by atoms with Crippen LogP contribution in [0, 0.1) is 17.8 Å². The van der Waals surface area contributed by atoms with Gasteiger partial charge in [0, 0.05) is 18.3 Å². The Bertz CT molecular complexity index is 583. The van der Waals surface area contributed by atoms with Gasteiger partial charge in [0.25, 0.3) is 5.91 Å². The average Bonchev–Trinajstić information content (AvgIpc) is 2.59. The van der Waals surface area contributed by atoms with Crippen molar-refractivity contribution < 1.29 is 14.3 Å². The average molecular weight is 346 g/mol. The molecule has 2 N–H and O–H groups in total.